The summed E-state index contributed by atoms with van der Waals surface area (Å²) in [6, 6.07) is 12.5. The first-order chi connectivity index (χ1) is 17.3. The van der Waals surface area contributed by atoms with Gasteiger partial charge in [-0.1, -0.05) is 23.5 Å². The molecule has 0 bridgehead atoms. The number of aromatic nitrogens is 2. The van der Waals surface area contributed by atoms with Gasteiger partial charge in [0.25, 0.3) is 5.91 Å². The number of hydrogen-bond acceptors (Lipinski definition) is 7. The van der Waals surface area contributed by atoms with Gasteiger partial charge in [-0.15, -0.1) is 0 Å². The molecule has 1 spiro atoms. The average Bonchev–Trinajstić information content (AvgIpc) is 3.39. The van der Waals surface area contributed by atoms with Crippen molar-refractivity contribution >= 4 is 34.4 Å². The van der Waals surface area contributed by atoms with Crippen molar-refractivity contribution in [1.82, 2.24) is 25.5 Å². The topological polar surface area (TPSA) is 140 Å². The number of urea groups is 2. The van der Waals surface area contributed by atoms with E-state index in [1.165, 1.54) is 11.3 Å². The average molecular weight is 502 g/mol. The Morgan fingerprint density at radius 2 is 1.83 bits per heavy atom. The first-order valence-electron chi connectivity index (χ1n) is 11.4. The smallest absolute Gasteiger partial charge is 0.323 e. The summed E-state index contributed by atoms with van der Waals surface area (Å²) in [5.74, 6) is -0.343. The van der Waals surface area contributed by atoms with Crippen LogP contribution in [0.1, 0.15) is 29.8 Å². The van der Waals surface area contributed by atoms with E-state index in [4.69, 9.17) is 4.98 Å². The van der Waals surface area contributed by atoms with Crippen LogP contribution in [0.4, 0.5) is 14.7 Å². The van der Waals surface area contributed by atoms with Crippen LogP contribution in [-0.2, 0) is 4.79 Å². The fourth-order valence-corrected chi connectivity index (χ4v) is 5.57. The third-order valence-electron chi connectivity index (χ3n) is 6.37. The zero-order valence-corrected chi connectivity index (χ0v) is 20.5. The predicted octanol–water partition coefficient (Wildman–Crippen LogP) is 3.57. The molecule has 2 saturated heterocycles. The lowest BCUT2D eigenvalue weighted by Crippen LogP contribution is -2.56. The lowest BCUT2D eigenvalue weighted by atomic mass is 9.88. The number of benzene rings is 1. The Hall–Kier alpha value is -4.30. The van der Waals surface area contributed by atoms with Gasteiger partial charge in [0.1, 0.15) is 5.54 Å². The van der Waals surface area contributed by atoms with E-state index in [-0.39, 0.29) is 11.9 Å². The summed E-state index contributed by atoms with van der Waals surface area (Å²) in [4.78, 5) is 48.5. The quantitative estimate of drug-likeness (QED) is 0.469. The highest BCUT2D eigenvalue weighted by Gasteiger charge is 2.48. The lowest BCUT2D eigenvalue weighted by Gasteiger charge is -2.36. The van der Waals surface area contributed by atoms with Crippen LogP contribution >= 0.6 is 11.3 Å². The minimum Gasteiger partial charge on any atom is -0.324 e. The first kappa shape index (κ1) is 23.4. The van der Waals surface area contributed by atoms with Crippen molar-refractivity contribution < 1.29 is 14.4 Å². The molecule has 2 fully saturated rings. The van der Waals surface area contributed by atoms with E-state index in [1.54, 1.807) is 23.1 Å². The maximum Gasteiger partial charge on any atom is 0.323 e. The summed E-state index contributed by atoms with van der Waals surface area (Å²) >= 11 is 1.35. The van der Waals surface area contributed by atoms with Gasteiger partial charge in [0.2, 0.25) is 0 Å². The summed E-state index contributed by atoms with van der Waals surface area (Å²) in [6.45, 7) is 4.48. The van der Waals surface area contributed by atoms with E-state index < -0.39 is 11.6 Å². The molecule has 3 aromatic rings. The minimum atomic E-state index is -0.946. The highest BCUT2D eigenvalue weighted by molar-refractivity contribution is 7.19. The summed E-state index contributed by atoms with van der Waals surface area (Å²) in [7, 11) is 0. The SMILES string of the molecule is Cc1cc(-c2sc(NC(=O)N3CCC4(CC3)NC(=O)NC4=O)nc2-c2cccc(C#N)c2)cc(C)n1. The summed E-state index contributed by atoms with van der Waals surface area (Å²) in [5, 5.41) is 17.6. The van der Waals surface area contributed by atoms with Crippen LogP contribution in [0.5, 0.6) is 0 Å². The van der Waals surface area contributed by atoms with Crippen LogP contribution in [-0.4, -0.2) is 51.5 Å². The number of nitrogens with zero attached hydrogens (tertiary/aromatic N) is 4. The third-order valence-corrected chi connectivity index (χ3v) is 7.39. The number of rotatable bonds is 3. The maximum absolute atomic E-state index is 13.1. The van der Waals surface area contributed by atoms with Gasteiger partial charge >= 0.3 is 12.1 Å². The normalized spacial score (nSPS) is 16.4. The number of carbonyl (C=O) groups is 3. The van der Waals surface area contributed by atoms with E-state index in [1.807, 2.05) is 32.0 Å². The van der Waals surface area contributed by atoms with Crippen LogP contribution in [0, 0.1) is 25.2 Å². The number of piperidine rings is 1. The van der Waals surface area contributed by atoms with Crippen LogP contribution in [0.15, 0.2) is 36.4 Å². The summed E-state index contributed by atoms with van der Waals surface area (Å²) < 4.78 is 0. The van der Waals surface area contributed by atoms with Crippen molar-refractivity contribution in [2.75, 3.05) is 18.4 Å². The van der Waals surface area contributed by atoms with Crippen molar-refractivity contribution in [1.29, 1.82) is 5.26 Å². The number of hydrogen-bond donors (Lipinski definition) is 3. The Bertz CT molecular complexity index is 1410. The molecule has 0 unspecified atom stereocenters. The number of likely N-dealkylation sites (tertiary alicyclic amines) is 1. The number of aryl methyl sites for hydroxylation is 2. The molecule has 11 heteroatoms. The molecule has 182 valence electrons. The molecule has 0 saturated carbocycles. The molecule has 2 aliphatic heterocycles. The van der Waals surface area contributed by atoms with Crippen molar-refractivity contribution in [2.45, 2.75) is 32.2 Å². The van der Waals surface area contributed by atoms with E-state index in [0.29, 0.717) is 42.3 Å². The number of pyridine rings is 1. The molecule has 5 rings (SSSR count). The van der Waals surface area contributed by atoms with Crippen molar-refractivity contribution in [3.05, 3.63) is 53.3 Å². The molecule has 5 amide bonds. The zero-order valence-electron chi connectivity index (χ0n) is 19.7. The second-order valence-corrected chi connectivity index (χ2v) is 9.93. The molecule has 10 nitrogen and oxygen atoms in total. The molecule has 3 N–H and O–H groups in total. The number of amides is 5. The number of nitriles is 1. The highest BCUT2D eigenvalue weighted by atomic mass is 32.1. The van der Waals surface area contributed by atoms with Crippen molar-refractivity contribution in [3.63, 3.8) is 0 Å². The molecule has 0 atom stereocenters. The summed E-state index contributed by atoms with van der Waals surface area (Å²) in [6.07, 6.45) is 0.672. The zero-order chi connectivity index (χ0) is 25.4. The fraction of sp³-hybridized carbons (Fsp3) is 0.280. The maximum atomic E-state index is 13.1. The molecule has 0 radical (unpaired) electrons. The Kier molecular flexibility index (Phi) is 5.89. The van der Waals surface area contributed by atoms with Gasteiger partial charge in [0.15, 0.2) is 5.13 Å². The third kappa shape index (κ3) is 4.38. The van der Waals surface area contributed by atoms with E-state index >= 15 is 0 Å². The molecule has 0 aliphatic carbocycles. The van der Waals surface area contributed by atoms with Crippen LogP contribution in [0.2, 0.25) is 0 Å². The molecule has 36 heavy (non-hydrogen) atoms. The predicted molar refractivity (Wildman–Crippen MR) is 134 cm³/mol. The van der Waals surface area contributed by atoms with Gasteiger partial charge in [0, 0.05) is 30.0 Å². The van der Waals surface area contributed by atoms with Gasteiger partial charge in [-0.2, -0.15) is 5.26 Å². The molecular formula is C25H23N7O3S. The van der Waals surface area contributed by atoms with E-state index in [0.717, 1.165) is 27.4 Å². The Morgan fingerprint density at radius 3 is 2.47 bits per heavy atom. The minimum absolute atomic E-state index is 0.317. The van der Waals surface area contributed by atoms with Crippen LogP contribution in [0.25, 0.3) is 21.7 Å². The number of thiazole rings is 1. The molecular weight excluding hydrogens is 478 g/mol. The van der Waals surface area contributed by atoms with Crippen molar-refractivity contribution in [3.8, 4) is 27.8 Å². The van der Waals surface area contributed by atoms with Crippen LogP contribution in [0.3, 0.4) is 0 Å². The standard InChI is InChI=1S/C25H23N7O3S/c1-14-10-18(11-15(2)27-14)20-19(17-5-3-4-16(12-17)13-26)28-23(36-20)30-24(35)32-8-6-25(7-9-32)21(33)29-22(34)31-25/h3-5,10-12H,6-9H2,1-2H3,(H,28,30,35)(H2,29,31,33,34). The van der Waals surface area contributed by atoms with Crippen molar-refractivity contribution in [2.24, 2.45) is 0 Å². The Morgan fingerprint density at radius 1 is 1.11 bits per heavy atom. The van der Waals surface area contributed by atoms with Crippen LogP contribution < -0.4 is 16.0 Å². The number of imide groups is 1. The van der Waals surface area contributed by atoms with E-state index in [2.05, 4.69) is 27.0 Å². The van der Waals surface area contributed by atoms with Gasteiger partial charge in [-0.25, -0.2) is 14.6 Å². The number of nitrogens with one attached hydrogen (secondary N) is 3. The highest BCUT2D eigenvalue weighted by Crippen LogP contribution is 2.40. The monoisotopic (exact) mass is 501 g/mol. The molecule has 1 aromatic carbocycles. The van der Waals surface area contributed by atoms with Gasteiger partial charge in [0.05, 0.1) is 22.2 Å². The molecule has 2 aliphatic rings. The summed E-state index contributed by atoms with van der Waals surface area (Å²) in [5.41, 5.74) is 3.67. The van der Waals surface area contributed by atoms with Gasteiger partial charge in [-0.05, 0) is 56.5 Å². The van der Waals surface area contributed by atoms with E-state index in [9.17, 15) is 19.6 Å². The second-order valence-electron chi connectivity index (χ2n) is 8.94. The second kappa shape index (κ2) is 9.05. The van der Waals surface area contributed by atoms with Gasteiger partial charge in [-0.3, -0.25) is 20.4 Å². The fourth-order valence-electron chi connectivity index (χ4n) is 4.61. The van der Waals surface area contributed by atoms with Gasteiger partial charge < -0.3 is 10.2 Å². The molecule has 4 heterocycles. The largest absolute Gasteiger partial charge is 0.324 e. The lowest BCUT2D eigenvalue weighted by molar-refractivity contribution is -0.125. The number of carbonyl (C=O) groups excluding carboxylic acids is 3. The first-order valence-corrected chi connectivity index (χ1v) is 12.2. The Labute approximate surface area is 211 Å². The Balaban J connectivity index is 1.41. The number of anilines is 1. The molecule has 2 aromatic heterocycles.